The van der Waals surface area contributed by atoms with Crippen molar-refractivity contribution >= 4 is 5.91 Å². The lowest BCUT2D eigenvalue weighted by atomic mass is 10.0. The maximum Gasteiger partial charge on any atom is 0.388 e. The van der Waals surface area contributed by atoms with Crippen molar-refractivity contribution in [2.24, 2.45) is 7.05 Å². The van der Waals surface area contributed by atoms with Crippen molar-refractivity contribution in [3.63, 3.8) is 0 Å². The van der Waals surface area contributed by atoms with Crippen molar-refractivity contribution in [3.8, 4) is 17.4 Å². The molecule has 7 nitrogen and oxygen atoms in total. The van der Waals surface area contributed by atoms with Gasteiger partial charge in [0.25, 0.3) is 5.91 Å². The lowest BCUT2D eigenvalue weighted by molar-refractivity contribution is -0.0553. The summed E-state index contributed by atoms with van der Waals surface area (Å²) in [4.78, 5) is 14.4. The Morgan fingerprint density at radius 2 is 1.63 bits per heavy atom. The second-order valence-electron chi connectivity index (χ2n) is 6.14. The smallest absolute Gasteiger partial charge is 0.388 e. The van der Waals surface area contributed by atoms with E-state index >= 15 is 0 Å². The number of aryl methyl sites for hydroxylation is 1. The topological polar surface area (TPSA) is 65.8 Å². The summed E-state index contributed by atoms with van der Waals surface area (Å²) in [6.45, 7) is -1.99. The van der Waals surface area contributed by atoms with Gasteiger partial charge in [0, 0.05) is 26.2 Å². The Morgan fingerprint density at radius 3 is 2.11 bits per heavy atom. The summed E-state index contributed by atoms with van der Waals surface area (Å²) in [7, 11) is 4.61. The number of halogens is 2. The van der Waals surface area contributed by atoms with Crippen molar-refractivity contribution in [2.45, 2.75) is 19.5 Å². The van der Waals surface area contributed by atoms with E-state index in [0.29, 0.717) is 37.4 Å². The number of aromatic nitrogens is 2. The normalized spacial score (nSPS) is 13.9. The van der Waals surface area contributed by atoms with Crippen LogP contribution in [0.1, 0.15) is 21.6 Å². The highest BCUT2D eigenvalue weighted by Gasteiger charge is 2.24. The zero-order valence-corrected chi connectivity index (χ0v) is 15.4. The molecule has 0 fully saturated rings. The van der Waals surface area contributed by atoms with E-state index in [1.807, 2.05) is 12.1 Å². The molecule has 1 aliphatic rings. The zero-order chi connectivity index (χ0) is 19.6. The van der Waals surface area contributed by atoms with Gasteiger partial charge in [-0.3, -0.25) is 4.79 Å². The van der Waals surface area contributed by atoms with Gasteiger partial charge in [-0.2, -0.15) is 13.9 Å². The first kappa shape index (κ1) is 18.9. The minimum absolute atomic E-state index is 0.0780. The number of carbonyl (C=O) groups is 1. The molecule has 3 rings (SSSR count). The third-order valence-electron chi connectivity index (χ3n) is 4.56. The monoisotopic (exact) mass is 381 g/mol. The average molecular weight is 381 g/mol. The van der Waals surface area contributed by atoms with Crippen LogP contribution in [0.5, 0.6) is 17.4 Å². The van der Waals surface area contributed by atoms with Crippen molar-refractivity contribution in [1.82, 2.24) is 14.7 Å². The van der Waals surface area contributed by atoms with Crippen LogP contribution < -0.4 is 14.2 Å². The Bertz CT molecular complexity index is 803. The van der Waals surface area contributed by atoms with Gasteiger partial charge in [0.05, 0.1) is 14.2 Å². The Kier molecular flexibility index (Phi) is 5.48. The number of methoxy groups -OCH3 is 2. The molecule has 0 saturated carbocycles. The van der Waals surface area contributed by atoms with Gasteiger partial charge in [0.1, 0.15) is 0 Å². The Labute approximate surface area is 155 Å². The molecule has 0 unspecified atom stereocenters. The maximum absolute atomic E-state index is 12.8. The third-order valence-corrected chi connectivity index (χ3v) is 4.56. The number of fused-ring (bicyclic) bond motifs is 1. The van der Waals surface area contributed by atoms with Gasteiger partial charge in [-0.25, -0.2) is 4.68 Å². The number of rotatable bonds is 5. The molecule has 0 saturated heterocycles. The van der Waals surface area contributed by atoms with Crippen LogP contribution in [0, 0.1) is 0 Å². The number of amides is 1. The van der Waals surface area contributed by atoms with Crippen LogP contribution in [0.2, 0.25) is 0 Å². The van der Waals surface area contributed by atoms with E-state index in [1.165, 1.54) is 13.1 Å². The summed E-state index contributed by atoms with van der Waals surface area (Å²) in [5.41, 5.74) is 2.26. The van der Waals surface area contributed by atoms with Crippen LogP contribution >= 0.6 is 0 Å². The van der Waals surface area contributed by atoms with E-state index in [0.717, 1.165) is 15.8 Å². The van der Waals surface area contributed by atoms with E-state index in [-0.39, 0.29) is 17.5 Å². The molecule has 1 amide bonds. The molecule has 9 heteroatoms. The summed E-state index contributed by atoms with van der Waals surface area (Å²) in [6, 6.07) is 5.09. The summed E-state index contributed by atoms with van der Waals surface area (Å²) in [5, 5.41) is 4.00. The molecule has 146 valence electrons. The largest absolute Gasteiger partial charge is 0.493 e. The van der Waals surface area contributed by atoms with Crippen LogP contribution in [0.25, 0.3) is 0 Å². The van der Waals surface area contributed by atoms with Crippen molar-refractivity contribution in [3.05, 3.63) is 35.0 Å². The molecule has 0 bridgehead atoms. The molecule has 0 N–H and O–H groups in total. The number of nitrogens with zero attached hydrogens (tertiary/aromatic N) is 3. The second kappa shape index (κ2) is 7.81. The molecule has 27 heavy (non-hydrogen) atoms. The maximum atomic E-state index is 12.8. The molecule has 1 aromatic heterocycles. The highest BCUT2D eigenvalue weighted by atomic mass is 19.3. The van der Waals surface area contributed by atoms with Gasteiger partial charge in [-0.1, -0.05) is 0 Å². The summed E-state index contributed by atoms with van der Waals surface area (Å²) < 4.78 is 41.0. The molecular weight excluding hydrogens is 360 g/mol. The highest BCUT2D eigenvalue weighted by molar-refractivity contribution is 5.92. The highest BCUT2D eigenvalue weighted by Crippen LogP contribution is 2.32. The molecule has 0 atom stereocenters. The van der Waals surface area contributed by atoms with Gasteiger partial charge >= 0.3 is 6.61 Å². The SMILES string of the molecule is COc1cc2c(cc1OC)CCN(C(=O)c1cc(OC(F)F)n(C)n1)CC2. The van der Waals surface area contributed by atoms with Crippen LogP contribution in [0.3, 0.4) is 0 Å². The van der Waals surface area contributed by atoms with Crippen LogP contribution in [0.15, 0.2) is 18.2 Å². The zero-order valence-electron chi connectivity index (χ0n) is 15.4. The molecule has 0 radical (unpaired) electrons. The molecule has 2 heterocycles. The van der Waals surface area contributed by atoms with Crippen molar-refractivity contribution < 1.29 is 27.8 Å². The van der Waals surface area contributed by atoms with Crippen LogP contribution in [0.4, 0.5) is 8.78 Å². The van der Waals surface area contributed by atoms with E-state index in [2.05, 4.69) is 9.84 Å². The summed E-state index contributed by atoms with van der Waals surface area (Å²) in [6.07, 6.45) is 1.29. The Balaban J connectivity index is 1.77. The van der Waals surface area contributed by atoms with Crippen molar-refractivity contribution in [1.29, 1.82) is 0 Å². The number of hydrogen-bond acceptors (Lipinski definition) is 5. The quantitative estimate of drug-likeness (QED) is 0.795. The summed E-state index contributed by atoms with van der Waals surface area (Å²) >= 11 is 0. The number of alkyl halides is 2. The lowest BCUT2D eigenvalue weighted by Crippen LogP contribution is -2.33. The minimum Gasteiger partial charge on any atom is -0.493 e. The molecule has 2 aromatic rings. The van der Waals surface area contributed by atoms with E-state index in [1.54, 1.807) is 19.1 Å². The number of carbonyl (C=O) groups excluding carboxylic acids is 1. The van der Waals surface area contributed by atoms with Gasteiger partial charge in [0.15, 0.2) is 17.2 Å². The molecule has 0 aliphatic carbocycles. The van der Waals surface area contributed by atoms with Crippen LogP contribution in [-0.2, 0) is 19.9 Å². The van der Waals surface area contributed by atoms with Gasteiger partial charge in [0.2, 0.25) is 5.88 Å². The van der Waals surface area contributed by atoms with E-state index in [9.17, 15) is 13.6 Å². The van der Waals surface area contributed by atoms with Gasteiger partial charge in [-0.05, 0) is 36.1 Å². The first-order valence-corrected chi connectivity index (χ1v) is 8.44. The fourth-order valence-corrected chi connectivity index (χ4v) is 3.17. The standard InChI is InChI=1S/C18H21F2N3O4/c1-22-16(27-18(19)20)10-13(21-22)17(24)23-6-4-11-8-14(25-2)15(26-3)9-12(11)5-7-23/h8-10,18H,4-7H2,1-3H3. The minimum atomic E-state index is -2.97. The van der Waals surface area contributed by atoms with Crippen LogP contribution in [-0.4, -0.2) is 54.5 Å². The number of ether oxygens (including phenoxy) is 3. The lowest BCUT2D eigenvalue weighted by Gasteiger charge is -2.18. The summed E-state index contributed by atoms with van der Waals surface area (Å²) in [5.74, 6) is 0.825. The first-order valence-electron chi connectivity index (χ1n) is 8.44. The predicted octanol–water partition coefficient (Wildman–Crippen LogP) is 2.28. The Hall–Kier alpha value is -2.84. The fourth-order valence-electron chi connectivity index (χ4n) is 3.17. The number of benzene rings is 1. The van der Waals surface area contributed by atoms with E-state index in [4.69, 9.17) is 9.47 Å². The average Bonchev–Trinajstić information content (AvgIpc) is 2.88. The second-order valence-corrected chi connectivity index (χ2v) is 6.14. The predicted molar refractivity (Wildman–Crippen MR) is 92.7 cm³/mol. The van der Waals surface area contributed by atoms with E-state index < -0.39 is 6.61 Å². The van der Waals surface area contributed by atoms with Gasteiger partial charge in [-0.15, -0.1) is 0 Å². The Morgan fingerprint density at radius 1 is 1.07 bits per heavy atom. The third kappa shape index (κ3) is 3.96. The molecule has 0 spiro atoms. The molecule has 1 aliphatic heterocycles. The fraction of sp³-hybridized carbons (Fsp3) is 0.444. The van der Waals surface area contributed by atoms with Gasteiger partial charge < -0.3 is 19.1 Å². The first-order chi connectivity index (χ1) is 12.9. The number of hydrogen-bond donors (Lipinski definition) is 0. The van der Waals surface area contributed by atoms with Crippen molar-refractivity contribution in [2.75, 3.05) is 27.3 Å². The molecule has 1 aromatic carbocycles. The molecular formula is C18H21F2N3O4.